The zero-order valence-electron chi connectivity index (χ0n) is 15.3. The minimum absolute atomic E-state index is 0.344. The fourth-order valence-electron chi connectivity index (χ4n) is 2.56. The number of benzene rings is 2. The van der Waals surface area contributed by atoms with Crippen LogP contribution in [0.15, 0.2) is 84.1 Å². The first-order chi connectivity index (χ1) is 13.2. The Morgan fingerprint density at radius 1 is 1.00 bits per heavy atom. The number of guanidine groups is 1. The zero-order valence-corrected chi connectivity index (χ0v) is 15.3. The van der Waals surface area contributed by atoms with Crippen molar-refractivity contribution in [3.63, 3.8) is 0 Å². The van der Waals surface area contributed by atoms with Gasteiger partial charge in [0.05, 0.1) is 12.6 Å². The van der Waals surface area contributed by atoms with Crippen LogP contribution in [-0.4, -0.2) is 22.6 Å². The second-order valence-electron chi connectivity index (χ2n) is 6.32. The van der Waals surface area contributed by atoms with E-state index in [1.165, 1.54) is 5.56 Å². The Bertz CT molecular complexity index is 849. The molecule has 0 aliphatic rings. The van der Waals surface area contributed by atoms with Gasteiger partial charge in [0.15, 0.2) is 5.96 Å². The van der Waals surface area contributed by atoms with E-state index in [9.17, 15) is 5.11 Å². The molecule has 0 spiro atoms. The van der Waals surface area contributed by atoms with Gasteiger partial charge in [-0.3, -0.25) is 4.98 Å². The molecule has 2 aromatic carbocycles. The number of hydrogen-bond donors (Lipinski definition) is 3. The van der Waals surface area contributed by atoms with Gasteiger partial charge >= 0.3 is 0 Å². The highest BCUT2D eigenvalue weighted by atomic mass is 16.3. The third-order valence-corrected chi connectivity index (χ3v) is 4.13. The summed E-state index contributed by atoms with van der Waals surface area (Å²) < 4.78 is 0. The summed E-state index contributed by atoms with van der Waals surface area (Å²) in [5.41, 5.74) is 4.11. The number of aliphatic imine (C=N–C) groups is 1. The molecule has 5 nitrogen and oxygen atoms in total. The molecule has 0 aliphatic carbocycles. The molecule has 0 bridgehead atoms. The summed E-state index contributed by atoms with van der Waals surface area (Å²) in [7, 11) is 0. The molecule has 1 aromatic heterocycles. The Hall–Kier alpha value is -3.18. The number of rotatable bonds is 6. The molecule has 5 heteroatoms. The van der Waals surface area contributed by atoms with Crippen molar-refractivity contribution in [2.75, 3.05) is 11.9 Å². The lowest BCUT2D eigenvalue weighted by Crippen LogP contribution is -2.34. The number of aliphatic hydroxyl groups excluding tert-OH is 1. The van der Waals surface area contributed by atoms with Gasteiger partial charge in [-0.2, -0.15) is 0 Å². The molecule has 0 saturated carbocycles. The lowest BCUT2D eigenvalue weighted by Gasteiger charge is -2.16. The maximum Gasteiger partial charge on any atom is 0.196 e. The van der Waals surface area contributed by atoms with Crippen molar-refractivity contribution in [2.45, 2.75) is 19.6 Å². The Morgan fingerprint density at radius 2 is 1.70 bits per heavy atom. The maximum atomic E-state index is 10.4. The van der Waals surface area contributed by atoms with Crippen molar-refractivity contribution in [1.29, 1.82) is 0 Å². The molecule has 3 rings (SSSR count). The number of hydrogen-bond acceptors (Lipinski definition) is 3. The minimum Gasteiger partial charge on any atom is -0.387 e. The fraction of sp³-hybridized carbons (Fsp3) is 0.182. The van der Waals surface area contributed by atoms with Crippen LogP contribution in [0.25, 0.3) is 0 Å². The van der Waals surface area contributed by atoms with Crippen molar-refractivity contribution < 1.29 is 5.11 Å². The van der Waals surface area contributed by atoms with Gasteiger partial charge < -0.3 is 15.7 Å². The normalized spacial score (nSPS) is 12.4. The van der Waals surface area contributed by atoms with Gasteiger partial charge in [-0.1, -0.05) is 48.0 Å². The van der Waals surface area contributed by atoms with E-state index >= 15 is 0 Å². The van der Waals surface area contributed by atoms with Gasteiger partial charge in [0.25, 0.3) is 0 Å². The van der Waals surface area contributed by atoms with Crippen LogP contribution < -0.4 is 10.6 Å². The monoisotopic (exact) mass is 360 g/mol. The average molecular weight is 360 g/mol. The first-order valence-corrected chi connectivity index (χ1v) is 8.94. The van der Waals surface area contributed by atoms with E-state index in [0.717, 1.165) is 16.8 Å². The van der Waals surface area contributed by atoms with Crippen LogP contribution in [0.4, 0.5) is 5.69 Å². The van der Waals surface area contributed by atoms with Crippen molar-refractivity contribution >= 4 is 11.6 Å². The van der Waals surface area contributed by atoms with Gasteiger partial charge in [-0.25, -0.2) is 4.99 Å². The van der Waals surface area contributed by atoms with Crippen LogP contribution in [-0.2, 0) is 6.54 Å². The van der Waals surface area contributed by atoms with Crippen molar-refractivity contribution in [2.24, 2.45) is 4.99 Å². The predicted octanol–water partition coefficient (Wildman–Crippen LogP) is 3.68. The molecular formula is C22H24N4O. The number of aromatic nitrogens is 1. The summed E-state index contributed by atoms with van der Waals surface area (Å²) in [5, 5.41) is 16.9. The van der Waals surface area contributed by atoms with Crippen LogP contribution in [0.5, 0.6) is 0 Å². The maximum absolute atomic E-state index is 10.4. The van der Waals surface area contributed by atoms with Gasteiger partial charge in [-0.15, -0.1) is 0 Å². The number of nitrogens with zero attached hydrogens (tertiary/aromatic N) is 2. The van der Waals surface area contributed by atoms with E-state index in [0.29, 0.717) is 19.0 Å². The third kappa shape index (κ3) is 5.94. The molecular weight excluding hydrogens is 336 g/mol. The summed E-state index contributed by atoms with van der Waals surface area (Å²) in [6.45, 7) is 2.96. The quantitative estimate of drug-likeness (QED) is 0.463. The van der Waals surface area contributed by atoms with E-state index in [2.05, 4.69) is 51.8 Å². The fourth-order valence-corrected chi connectivity index (χ4v) is 2.56. The predicted molar refractivity (Wildman–Crippen MR) is 110 cm³/mol. The zero-order chi connectivity index (χ0) is 18.9. The number of pyridine rings is 1. The van der Waals surface area contributed by atoms with Crippen LogP contribution in [0.2, 0.25) is 0 Å². The molecule has 3 aromatic rings. The van der Waals surface area contributed by atoms with Crippen LogP contribution in [0.3, 0.4) is 0 Å². The van der Waals surface area contributed by atoms with Gasteiger partial charge in [-0.05, 0) is 42.3 Å². The summed E-state index contributed by atoms with van der Waals surface area (Å²) >= 11 is 0. The highest BCUT2D eigenvalue weighted by Gasteiger charge is 2.08. The second-order valence-corrected chi connectivity index (χ2v) is 6.32. The topological polar surface area (TPSA) is 69.5 Å². The van der Waals surface area contributed by atoms with Crippen LogP contribution in [0, 0.1) is 6.92 Å². The lowest BCUT2D eigenvalue weighted by atomic mass is 10.1. The van der Waals surface area contributed by atoms with E-state index in [1.54, 1.807) is 24.5 Å². The van der Waals surface area contributed by atoms with E-state index < -0.39 is 6.10 Å². The number of nitrogens with one attached hydrogen (secondary N) is 2. The van der Waals surface area contributed by atoms with Gasteiger partial charge in [0.1, 0.15) is 0 Å². The molecule has 0 fully saturated rings. The summed E-state index contributed by atoms with van der Waals surface area (Å²) in [4.78, 5) is 8.64. The average Bonchev–Trinajstić information content (AvgIpc) is 2.72. The lowest BCUT2D eigenvalue weighted by molar-refractivity contribution is 0.181. The van der Waals surface area contributed by atoms with Gasteiger partial charge in [0, 0.05) is 24.6 Å². The Labute approximate surface area is 159 Å². The largest absolute Gasteiger partial charge is 0.387 e. The number of para-hydroxylation sites is 1. The molecule has 1 heterocycles. The highest BCUT2D eigenvalue weighted by molar-refractivity contribution is 5.93. The molecule has 27 heavy (non-hydrogen) atoms. The smallest absolute Gasteiger partial charge is 0.196 e. The number of aryl methyl sites for hydroxylation is 1. The standard InChI is InChI=1S/C22H24N4O/c1-17-7-9-18(10-8-17)15-24-22(26-20-5-3-2-4-6-20)25-16-21(27)19-11-13-23-14-12-19/h2-14,21,27H,15-16H2,1H3,(H2,24,25,26). The van der Waals surface area contributed by atoms with E-state index in [1.807, 2.05) is 30.3 Å². The third-order valence-electron chi connectivity index (χ3n) is 4.13. The van der Waals surface area contributed by atoms with Crippen molar-refractivity contribution in [3.8, 4) is 0 Å². The van der Waals surface area contributed by atoms with Crippen LogP contribution >= 0.6 is 0 Å². The Morgan fingerprint density at radius 3 is 2.41 bits per heavy atom. The Kier molecular flexibility index (Phi) is 6.55. The minimum atomic E-state index is -0.643. The molecule has 0 saturated heterocycles. The van der Waals surface area contributed by atoms with E-state index in [-0.39, 0.29) is 0 Å². The highest BCUT2D eigenvalue weighted by Crippen LogP contribution is 2.11. The van der Waals surface area contributed by atoms with Gasteiger partial charge in [0.2, 0.25) is 0 Å². The first-order valence-electron chi connectivity index (χ1n) is 8.94. The SMILES string of the molecule is Cc1ccc(CN=C(NCC(O)c2ccncc2)Nc2ccccc2)cc1. The molecule has 1 unspecified atom stereocenters. The summed E-state index contributed by atoms with van der Waals surface area (Å²) in [5.74, 6) is 0.620. The molecule has 0 amide bonds. The van der Waals surface area contributed by atoms with Crippen LogP contribution in [0.1, 0.15) is 22.8 Å². The second kappa shape index (κ2) is 9.50. The molecule has 1 atom stereocenters. The van der Waals surface area contributed by atoms with Crippen molar-refractivity contribution in [1.82, 2.24) is 10.3 Å². The first kappa shape index (κ1) is 18.6. The molecule has 3 N–H and O–H groups in total. The Balaban J connectivity index is 1.68. The molecule has 138 valence electrons. The molecule has 0 aliphatic heterocycles. The summed E-state index contributed by atoms with van der Waals surface area (Å²) in [6, 6.07) is 21.8. The van der Waals surface area contributed by atoms with E-state index in [4.69, 9.17) is 0 Å². The molecule has 0 radical (unpaired) electrons. The number of anilines is 1. The number of aliphatic hydroxyl groups is 1. The van der Waals surface area contributed by atoms with Crippen molar-refractivity contribution in [3.05, 3.63) is 95.8 Å². The summed E-state index contributed by atoms with van der Waals surface area (Å²) in [6.07, 6.45) is 2.70.